The summed E-state index contributed by atoms with van der Waals surface area (Å²) in [5.41, 5.74) is -0.746. The average Bonchev–Trinajstić information content (AvgIpc) is 2.49. The van der Waals surface area contributed by atoms with Gasteiger partial charge in [0.25, 0.3) is 11.6 Å². The summed E-state index contributed by atoms with van der Waals surface area (Å²) in [7, 11) is 1.20. The zero-order valence-corrected chi connectivity index (χ0v) is 11.7. The van der Waals surface area contributed by atoms with Gasteiger partial charge in [-0.2, -0.15) is 13.2 Å². The van der Waals surface area contributed by atoms with Crippen molar-refractivity contribution >= 4 is 17.6 Å². The first-order chi connectivity index (χ1) is 10.6. The van der Waals surface area contributed by atoms with Crippen LogP contribution in [0.3, 0.4) is 0 Å². The Bertz CT molecular complexity index is 617. The Labute approximate surface area is 127 Å². The number of esters is 1. The van der Waals surface area contributed by atoms with E-state index in [9.17, 15) is 32.9 Å². The van der Waals surface area contributed by atoms with Crippen LogP contribution in [0.1, 0.15) is 10.4 Å². The fraction of sp³-hybridized carbons (Fsp3) is 0.333. The van der Waals surface area contributed by atoms with Crippen LogP contribution < -0.4 is 10.1 Å². The topological polar surface area (TPSA) is 108 Å². The third kappa shape index (κ3) is 5.80. The molecule has 1 amide bonds. The van der Waals surface area contributed by atoms with Gasteiger partial charge in [-0.05, 0) is 6.07 Å². The van der Waals surface area contributed by atoms with Crippen LogP contribution in [0.5, 0.6) is 5.75 Å². The molecule has 0 saturated heterocycles. The molecule has 0 aromatic heterocycles. The highest BCUT2D eigenvalue weighted by Gasteiger charge is 2.28. The number of nitrogens with zero attached hydrogens (tertiary/aromatic N) is 1. The van der Waals surface area contributed by atoms with E-state index in [1.807, 2.05) is 0 Å². The number of alkyl halides is 3. The number of non-ortho nitro benzene ring substituents is 1. The van der Waals surface area contributed by atoms with Gasteiger partial charge >= 0.3 is 12.1 Å². The lowest BCUT2D eigenvalue weighted by Gasteiger charge is -2.10. The molecule has 0 aliphatic carbocycles. The monoisotopic (exact) mass is 336 g/mol. The summed E-state index contributed by atoms with van der Waals surface area (Å²) in [5.74, 6) is -2.36. The SMILES string of the molecule is COc1ccc([N+](=O)[O-])cc1C(=O)OCC(=O)NCC(F)(F)F. The fourth-order valence-electron chi connectivity index (χ4n) is 1.43. The Morgan fingerprint density at radius 3 is 2.52 bits per heavy atom. The first kappa shape index (κ1) is 18.2. The molecule has 1 aromatic rings. The Balaban J connectivity index is 2.72. The number of halogens is 3. The molecule has 1 N–H and O–H groups in total. The number of hydrogen-bond donors (Lipinski definition) is 1. The largest absolute Gasteiger partial charge is 0.496 e. The van der Waals surface area contributed by atoms with E-state index in [1.54, 1.807) is 0 Å². The van der Waals surface area contributed by atoms with Crippen molar-refractivity contribution in [3.8, 4) is 5.75 Å². The van der Waals surface area contributed by atoms with Gasteiger partial charge in [-0.1, -0.05) is 0 Å². The molecule has 0 bridgehead atoms. The highest BCUT2D eigenvalue weighted by atomic mass is 19.4. The number of methoxy groups -OCH3 is 1. The lowest BCUT2D eigenvalue weighted by molar-refractivity contribution is -0.384. The number of carbonyl (C=O) groups is 2. The Morgan fingerprint density at radius 1 is 1.35 bits per heavy atom. The predicted molar refractivity (Wildman–Crippen MR) is 69.0 cm³/mol. The van der Waals surface area contributed by atoms with Crippen LogP contribution in [0.4, 0.5) is 18.9 Å². The highest BCUT2D eigenvalue weighted by molar-refractivity contribution is 5.94. The Hall–Kier alpha value is -2.85. The number of hydrogen-bond acceptors (Lipinski definition) is 6. The standard InChI is InChI=1S/C12H11F3N2O6/c1-22-9-3-2-7(17(20)21)4-8(9)11(19)23-5-10(18)16-6-12(13,14)15/h2-4H,5-6H2,1H3,(H,16,18). The second-order valence-corrected chi connectivity index (χ2v) is 4.11. The normalized spacial score (nSPS) is 10.8. The number of benzene rings is 1. The van der Waals surface area contributed by atoms with Gasteiger partial charge in [-0.3, -0.25) is 14.9 Å². The van der Waals surface area contributed by atoms with Gasteiger partial charge in [0, 0.05) is 12.1 Å². The summed E-state index contributed by atoms with van der Waals surface area (Å²) >= 11 is 0. The molecule has 0 radical (unpaired) electrons. The first-order valence-corrected chi connectivity index (χ1v) is 5.97. The number of rotatable bonds is 6. The van der Waals surface area contributed by atoms with Crippen LogP contribution in [0.2, 0.25) is 0 Å². The zero-order valence-electron chi connectivity index (χ0n) is 11.7. The fourth-order valence-corrected chi connectivity index (χ4v) is 1.43. The van der Waals surface area contributed by atoms with Gasteiger partial charge in [0.2, 0.25) is 0 Å². The van der Waals surface area contributed by atoms with E-state index in [1.165, 1.54) is 12.4 Å². The summed E-state index contributed by atoms with van der Waals surface area (Å²) in [6, 6.07) is 3.11. The van der Waals surface area contributed by atoms with Gasteiger partial charge < -0.3 is 14.8 Å². The van der Waals surface area contributed by atoms with E-state index in [0.717, 1.165) is 18.2 Å². The lowest BCUT2D eigenvalue weighted by Crippen LogP contribution is -2.36. The molecular formula is C12H11F3N2O6. The molecule has 0 atom stereocenters. The van der Waals surface area contributed by atoms with E-state index in [0.29, 0.717) is 0 Å². The number of nitro benzene ring substituents is 1. The van der Waals surface area contributed by atoms with Crippen molar-refractivity contribution in [1.29, 1.82) is 0 Å². The molecule has 0 aliphatic heterocycles. The van der Waals surface area contributed by atoms with Crippen LogP contribution in [0.25, 0.3) is 0 Å². The van der Waals surface area contributed by atoms with E-state index >= 15 is 0 Å². The predicted octanol–water partition coefficient (Wildman–Crippen LogP) is 1.44. The molecule has 0 fully saturated rings. The van der Waals surface area contributed by atoms with Gasteiger partial charge in [0.05, 0.1) is 12.0 Å². The van der Waals surface area contributed by atoms with Crippen LogP contribution in [0.15, 0.2) is 18.2 Å². The van der Waals surface area contributed by atoms with Crippen molar-refractivity contribution in [3.05, 3.63) is 33.9 Å². The molecule has 1 aromatic carbocycles. The van der Waals surface area contributed by atoms with Crippen LogP contribution in [-0.2, 0) is 9.53 Å². The molecule has 0 saturated carbocycles. The third-order valence-corrected chi connectivity index (χ3v) is 2.43. The van der Waals surface area contributed by atoms with Crippen molar-refractivity contribution in [1.82, 2.24) is 5.32 Å². The number of ether oxygens (including phenoxy) is 2. The van der Waals surface area contributed by atoms with Crippen molar-refractivity contribution in [3.63, 3.8) is 0 Å². The van der Waals surface area contributed by atoms with Crippen LogP contribution >= 0.6 is 0 Å². The summed E-state index contributed by atoms with van der Waals surface area (Å²) in [6.45, 7) is -2.54. The number of nitrogens with one attached hydrogen (secondary N) is 1. The van der Waals surface area contributed by atoms with Gasteiger partial charge in [-0.15, -0.1) is 0 Å². The zero-order chi connectivity index (χ0) is 17.6. The molecule has 0 heterocycles. The van der Waals surface area contributed by atoms with Crippen LogP contribution in [-0.4, -0.2) is 43.2 Å². The quantitative estimate of drug-likeness (QED) is 0.478. The lowest BCUT2D eigenvalue weighted by atomic mass is 10.2. The minimum absolute atomic E-state index is 0.0451. The van der Waals surface area contributed by atoms with Crippen LogP contribution in [0, 0.1) is 10.1 Å². The second kappa shape index (κ2) is 7.42. The van der Waals surface area contributed by atoms with Crippen molar-refractivity contribution in [2.45, 2.75) is 6.18 Å². The van der Waals surface area contributed by atoms with E-state index in [-0.39, 0.29) is 11.3 Å². The Kier molecular flexibility index (Phi) is 5.87. The molecule has 0 spiro atoms. The maximum Gasteiger partial charge on any atom is 0.405 e. The van der Waals surface area contributed by atoms with Crippen molar-refractivity contribution in [2.75, 3.05) is 20.3 Å². The molecule has 0 unspecified atom stereocenters. The summed E-state index contributed by atoms with van der Waals surface area (Å²) in [5, 5.41) is 12.2. The number of nitro groups is 1. The summed E-state index contributed by atoms with van der Waals surface area (Å²) < 4.78 is 45.0. The molecule has 8 nitrogen and oxygen atoms in total. The number of carbonyl (C=O) groups excluding carboxylic acids is 2. The van der Waals surface area contributed by atoms with E-state index in [4.69, 9.17) is 4.74 Å². The molecule has 23 heavy (non-hydrogen) atoms. The maximum atomic E-state index is 11.9. The third-order valence-electron chi connectivity index (χ3n) is 2.43. The average molecular weight is 336 g/mol. The van der Waals surface area contributed by atoms with Crippen molar-refractivity contribution < 1.29 is 37.2 Å². The van der Waals surface area contributed by atoms with Gasteiger partial charge in [0.15, 0.2) is 6.61 Å². The van der Waals surface area contributed by atoms with E-state index in [2.05, 4.69) is 4.74 Å². The minimum atomic E-state index is -4.59. The smallest absolute Gasteiger partial charge is 0.405 e. The summed E-state index contributed by atoms with van der Waals surface area (Å²) in [4.78, 5) is 32.8. The molecule has 0 aliphatic rings. The minimum Gasteiger partial charge on any atom is -0.496 e. The maximum absolute atomic E-state index is 11.9. The molecule has 1 rings (SSSR count). The molecule has 126 valence electrons. The molecule has 11 heteroatoms. The molecular weight excluding hydrogens is 325 g/mol. The summed E-state index contributed by atoms with van der Waals surface area (Å²) in [6.07, 6.45) is -4.59. The Morgan fingerprint density at radius 2 is 2.00 bits per heavy atom. The number of amides is 1. The van der Waals surface area contributed by atoms with E-state index < -0.39 is 41.8 Å². The second-order valence-electron chi connectivity index (χ2n) is 4.11. The van der Waals surface area contributed by atoms with Gasteiger partial charge in [-0.25, -0.2) is 4.79 Å². The highest BCUT2D eigenvalue weighted by Crippen LogP contribution is 2.24. The van der Waals surface area contributed by atoms with Gasteiger partial charge in [0.1, 0.15) is 17.9 Å². The van der Waals surface area contributed by atoms with Crippen molar-refractivity contribution in [2.24, 2.45) is 0 Å². The first-order valence-electron chi connectivity index (χ1n) is 5.97.